The largest absolute Gasteiger partial charge is 0.456 e. The van der Waals surface area contributed by atoms with Crippen molar-refractivity contribution >= 4 is 65.2 Å². The Bertz CT molecular complexity index is 3610. The zero-order chi connectivity index (χ0) is 38.9. The van der Waals surface area contributed by atoms with Crippen LogP contribution in [0.2, 0.25) is 0 Å². The predicted molar refractivity (Wildman–Crippen MR) is 242 cm³/mol. The molecule has 0 bridgehead atoms. The lowest BCUT2D eigenvalue weighted by molar-refractivity contribution is 0.669. The van der Waals surface area contributed by atoms with Crippen molar-refractivity contribution < 1.29 is 4.42 Å². The Morgan fingerprint density at radius 2 is 0.915 bits per heavy atom. The fourth-order valence-corrected chi connectivity index (χ4v) is 8.77. The number of pyridine rings is 1. The van der Waals surface area contributed by atoms with Gasteiger partial charge in [0, 0.05) is 49.8 Å². The number of hydrogen-bond acceptors (Lipinski definition) is 5. The quantitative estimate of drug-likeness (QED) is 0.164. The lowest BCUT2D eigenvalue weighted by Crippen LogP contribution is -2.00. The summed E-state index contributed by atoms with van der Waals surface area (Å²) in [5, 5.41) is 10.3. The molecule has 3 aromatic heterocycles. The van der Waals surface area contributed by atoms with Gasteiger partial charge in [0.25, 0.3) is 0 Å². The molecule has 0 aliphatic carbocycles. The summed E-state index contributed by atoms with van der Waals surface area (Å²) in [6, 6.07) is 65.5. The minimum Gasteiger partial charge on any atom is -0.456 e. The molecular weight excluding hydrogens is 721 g/mol. The first kappa shape index (κ1) is 33.2. The van der Waals surface area contributed by atoms with Gasteiger partial charge in [0.1, 0.15) is 11.2 Å². The summed E-state index contributed by atoms with van der Waals surface area (Å²) in [6.45, 7) is 0. The van der Waals surface area contributed by atoms with Crippen LogP contribution in [0, 0.1) is 0 Å². The van der Waals surface area contributed by atoms with Crippen LogP contribution in [0.3, 0.4) is 0 Å². The van der Waals surface area contributed by atoms with Crippen LogP contribution in [-0.2, 0) is 0 Å². The van der Waals surface area contributed by atoms with E-state index in [1.807, 2.05) is 60.8 Å². The van der Waals surface area contributed by atoms with E-state index in [1.165, 1.54) is 16.2 Å². The number of benzene rings is 9. The smallest absolute Gasteiger partial charge is 0.164 e. The summed E-state index contributed by atoms with van der Waals surface area (Å²) in [5.74, 6) is 1.83. The normalized spacial score (nSPS) is 11.7. The molecule has 274 valence electrons. The number of hydrogen-bond donors (Lipinski definition) is 0. The van der Waals surface area contributed by atoms with Crippen molar-refractivity contribution in [2.45, 2.75) is 0 Å². The van der Waals surface area contributed by atoms with Gasteiger partial charge >= 0.3 is 0 Å². The van der Waals surface area contributed by atoms with Crippen molar-refractivity contribution in [3.05, 3.63) is 194 Å². The first-order valence-electron chi connectivity index (χ1n) is 19.8. The lowest BCUT2D eigenvalue weighted by Gasteiger charge is -2.14. The summed E-state index contributed by atoms with van der Waals surface area (Å²) in [6.07, 6.45) is 2.02. The zero-order valence-corrected chi connectivity index (χ0v) is 31.7. The van der Waals surface area contributed by atoms with E-state index in [2.05, 4.69) is 133 Å². The van der Waals surface area contributed by atoms with Crippen molar-refractivity contribution in [1.82, 2.24) is 19.9 Å². The SMILES string of the molecule is c1ccc(-c2nc(-c3ccc(-c4cc5ccccc5c5cnc6ccccc6c45)cc3)nc(-c3cc(-c4cccc5oc6ccccc6c45)c4ccccc4c3)n2)cc1. The highest BCUT2D eigenvalue weighted by Gasteiger charge is 2.19. The van der Waals surface area contributed by atoms with Crippen molar-refractivity contribution in [2.75, 3.05) is 0 Å². The minimum absolute atomic E-state index is 0.605. The van der Waals surface area contributed by atoms with Crippen molar-refractivity contribution in [1.29, 1.82) is 0 Å². The lowest BCUT2D eigenvalue weighted by atomic mass is 9.91. The number of furan rings is 1. The Morgan fingerprint density at radius 3 is 1.71 bits per heavy atom. The molecule has 9 aromatic carbocycles. The molecule has 0 saturated carbocycles. The van der Waals surface area contributed by atoms with Gasteiger partial charge in [0.2, 0.25) is 0 Å². The van der Waals surface area contributed by atoms with Crippen LogP contribution < -0.4 is 0 Å². The third-order valence-electron chi connectivity index (χ3n) is 11.5. The van der Waals surface area contributed by atoms with Crippen molar-refractivity contribution in [2.24, 2.45) is 0 Å². The van der Waals surface area contributed by atoms with Crippen LogP contribution in [0.4, 0.5) is 0 Å². The summed E-state index contributed by atoms with van der Waals surface area (Å²) in [5.41, 5.74) is 9.90. The van der Waals surface area contributed by atoms with E-state index in [9.17, 15) is 0 Å². The first-order chi connectivity index (χ1) is 29.2. The van der Waals surface area contributed by atoms with Gasteiger partial charge < -0.3 is 4.42 Å². The summed E-state index contributed by atoms with van der Waals surface area (Å²) in [4.78, 5) is 20.3. The van der Waals surface area contributed by atoms with Crippen LogP contribution in [0.5, 0.6) is 0 Å². The molecular formula is C54H32N4O. The molecule has 0 unspecified atom stereocenters. The van der Waals surface area contributed by atoms with Gasteiger partial charge in [0.05, 0.1) is 5.52 Å². The van der Waals surface area contributed by atoms with E-state index in [-0.39, 0.29) is 0 Å². The minimum atomic E-state index is 0.605. The van der Waals surface area contributed by atoms with Gasteiger partial charge in [-0.25, -0.2) is 15.0 Å². The molecule has 0 saturated heterocycles. The predicted octanol–water partition coefficient (Wildman–Crippen LogP) is 14.1. The third kappa shape index (κ3) is 5.47. The fourth-order valence-electron chi connectivity index (χ4n) is 8.77. The molecule has 0 atom stereocenters. The molecule has 0 aliphatic heterocycles. The van der Waals surface area contributed by atoms with Crippen molar-refractivity contribution in [3.8, 4) is 56.4 Å². The number of rotatable bonds is 5. The Morgan fingerprint density at radius 1 is 0.322 bits per heavy atom. The molecule has 12 rings (SSSR count). The molecule has 0 spiro atoms. The maximum Gasteiger partial charge on any atom is 0.164 e. The van der Waals surface area contributed by atoms with Gasteiger partial charge in [0.15, 0.2) is 17.5 Å². The van der Waals surface area contributed by atoms with Crippen LogP contribution >= 0.6 is 0 Å². The average molecular weight is 753 g/mol. The number of aromatic nitrogens is 4. The third-order valence-corrected chi connectivity index (χ3v) is 11.5. The topological polar surface area (TPSA) is 64.7 Å². The second-order valence-corrected chi connectivity index (χ2v) is 15.0. The van der Waals surface area contributed by atoms with Gasteiger partial charge in [-0.1, -0.05) is 152 Å². The van der Waals surface area contributed by atoms with Gasteiger partial charge in [-0.05, 0) is 80.2 Å². The standard InChI is InChI=1S/C54H32N4O/c1-2-13-34(14-3-1)52-56-53(35-27-25-33(26-28-35)44-30-37-16-5-7-18-40(37)46-32-55-47-22-10-8-19-42(47)50(44)46)58-54(57-52)38-29-36-15-4-6-17-39(36)45(31-38)41-21-12-24-49-51(41)43-20-9-11-23-48(43)59-49/h1-32H. The average Bonchev–Trinajstić information content (AvgIpc) is 3.70. The van der Waals surface area contributed by atoms with E-state index in [1.54, 1.807) is 0 Å². The molecule has 0 radical (unpaired) electrons. The van der Waals surface area contributed by atoms with Crippen molar-refractivity contribution in [3.63, 3.8) is 0 Å². The van der Waals surface area contributed by atoms with Crippen LogP contribution in [0.15, 0.2) is 199 Å². The maximum atomic E-state index is 6.33. The highest BCUT2D eigenvalue weighted by molar-refractivity contribution is 6.22. The van der Waals surface area contributed by atoms with Gasteiger partial charge in [-0.2, -0.15) is 0 Å². The highest BCUT2D eigenvalue weighted by Crippen LogP contribution is 2.42. The molecule has 0 fully saturated rings. The molecule has 0 aliphatic rings. The van der Waals surface area contributed by atoms with E-state index < -0.39 is 0 Å². The van der Waals surface area contributed by atoms with E-state index in [0.29, 0.717) is 17.5 Å². The Hall–Kier alpha value is -8.02. The van der Waals surface area contributed by atoms with Crippen LogP contribution in [-0.4, -0.2) is 19.9 Å². The zero-order valence-electron chi connectivity index (χ0n) is 31.7. The second kappa shape index (κ2) is 13.3. The molecule has 12 aromatic rings. The van der Waals surface area contributed by atoms with Gasteiger partial charge in [-0.15, -0.1) is 0 Å². The monoisotopic (exact) mass is 752 g/mol. The molecule has 0 amide bonds. The molecule has 3 heterocycles. The summed E-state index contributed by atoms with van der Waals surface area (Å²) < 4.78 is 6.33. The Kier molecular flexibility index (Phi) is 7.47. The second-order valence-electron chi connectivity index (χ2n) is 15.0. The maximum absolute atomic E-state index is 6.33. The molecule has 5 nitrogen and oxygen atoms in total. The Balaban J connectivity index is 1.04. The first-order valence-corrected chi connectivity index (χ1v) is 19.8. The van der Waals surface area contributed by atoms with Gasteiger partial charge in [-0.3, -0.25) is 4.98 Å². The summed E-state index contributed by atoms with van der Waals surface area (Å²) in [7, 11) is 0. The number of nitrogens with zero attached hydrogens (tertiary/aromatic N) is 4. The summed E-state index contributed by atoms with van der Waals surface area (Å²) >= 11 is 0. The molecule has 5 heteroatoms. The van der Waals surface area contributed by atoms with Crippen LogP contribution in [0.1, 0.15) is 0 Å². The fraction of sp³-hybridized carbons (Fsp3) is 0. The molecule has 59 heavy (non-hydrogen) atoms. The van der Waals surface area contributed by atoms with E-state index in [0.717, 1.165) is 87.9 Å². The van der Waals surface area contributed by atoms with E-state index in [4.69, 9.17) is 24.4 Å². The Labute approximate surface area is 338 Å². The number of fused-ring (bicyclic) bond motifs is 9. The van der Waals surface area contributed by atoms with Crippen LogP contribution in [0.25, 0.3) is 122 Å². The van der Waals surface area contributed by atoms with E-state index >= 15 is 0 Å². The number of para-hydroxylation sites is 2. The highest BCUT2D eigenvalue weighted by atomic mass is 16.3. The molecule has 0 N–H and O–H groups in total.